The standard InChI is InChI=1S/C17H23FN2S/c18-15-10-13(17(19)21)7-8-14(15)11-20-9-3-5-12-4-1-2-6-16(12)20/h7-8,10,12,16H,1-6,9,11H2,(H2,19,21)/t12-,16-/m1/s1. The second-order valence-electron chi connectivity index (χ2n) is 6.40. The molecule has 0 aromatic heterocycles. The molecule has 0 bridgehead atoms. The van der Waals surface area contributed by atoms with Crippen LogP contribution in [0.5, 0.6) is 0 Å². The Morgan fingerprint density at radius 1 is 1.24 bits per heavy atom. The number of likely N-dealkylation sites (tertiary alicyclic amines) is 1. The molecule has 0 radical (unpaired) electrons. The molecular formula is C17H23FN2S. The van der Waals surface area contributed by atoms with Crippen LogP contribution in [0.1, 0.15) is 49.7 Å². The molecule has 1 aliphatic carbocycles. The Morgan fingerprint density at radius 2 is 2.00 bits per heavy atom. The SMILES string of the molecule is NC(=S)c1ccc(CN2CCC[C@H]3CCCC[C@H]32)c(F)c1. The van der Waals surface area contributed by atoms with Crippen LogP contribution in [-0.2, 0) is 6.54 Å². The molecule has 2 atom stereocenters. The number of halogens is 1. The predicted molar refractivity (Wildman–Crippen MR) is 87.7 cm³/mol. The number of piperidine rings is 1. The molecule has 1 saturated heterocycles. The van der Waals surface area contributed by atoms with Gasteiger partial charge in [-0.05, 0) is 44.2 Å². The molecule has 4 heteroatoms. The highest BCUT2D eigenvalue weighted by molar-refractivity contribution is 7.80. The van der Waals surface area contributed by atoms with E-state index >= 15 is 0 Å². The lowest BCUT2D eigenvalue weighted by molar-refractivity contribution is 0.0539. The predicted octanol–water partition coefficient (Wildman–Crippen LogP) is 3.61. The van der Waals surface area contributed by atoms with Crippen molar-refractivity contribution in [3.8, 4) is 0 Å². The molecule has 2 nitrogen and oxygen atoms in total. The van der Waals surface area contributed by atoms with Gasteiger partial charge < -0.3 is 5.73 Å². The van der Waals surface area contributed by atoms with Crippen molar-refractivity contribution in [1.29, 1.82) is 0 Å². The van der Waals surface area contributed by atoms with Gasteiger partial charge in [0.15, 0.2) is 0 Å². The quantitative estimate of drug-likeness (QED) is 0.865. The summed E-state index contributed by atoms with van der Waals surface area (Å²) in [5.74, 6) is 0.643. The molecule has 2 N–H and O–H groups in total. The van der Waals surface area contributed by atoms with E-state index in [4.69, 9.17) is 18.0 Å². The highest BCUT2D eigenvalue weighted by Crippen LogP contribution is 2.36. The van der Waals surface area contributed by atoms with E-state index < -0.39 is 0 Å². The zero-order valence-electron chi connectivity index (χ0n) is 12.4. The molecule has 21 heavy (non-hydrogen) atoms. The zero-order chi connectivity index (χ0) is 14.8. The van der Waals surface area contributed by atoms with Crippen LogP contribution >= 0.6 is 12.2 Å². The summed E-state index contributed by atoms with van der Waals surface area (Å²) in [6.45, 7) is 1.81. The second-order valence-corrected chi connectivity index (χ2v) is 6.83. The number of fused-ring (bicyclic) bond motifs is 1. The average Bonchev–Trinajstić information content (AvgIpc) is 2.49. The van der Waals surface area contributed by atoms with Gasteiger partial charge in [0.2, 0.25) is 0 Å². The maximum atomic E-state index is 14.2. The summed E-state index contributed by atoms with van der Waals surface area (Å²) in [5.41, 5.74) is 6.94. The Hall–Kier alpha value is -1.00. The first-order valence-electron chi connectivity index (χ1n) is 7.97. The Morgan fingerprint density at radius 3 is 2.76 bits per heavy atom. The van der Waals surface area contributed by atoms with Crippen molar-refractivity contribution in [2.75, 3.05) is 6.54 Å². The number of rotatable bonds is 3. The third kappa shape index (κ3) is 3.27. The Bertz CT molecular complexity index is 530. The van der Waals surface area contributed by atoms with Crippen molar-refractivity contribution in [1.82, 2.24) is 4.90 Å². The van der Waals surface area contributed by atoms with E-state index in [-0.39, 0.29) is 10.8 Å². The lowest BCUT2D eigenvalue weighted by Gasteiger charge is -2.44. The Balaban J connectivity index is 1.74. The molecule has 0 amide bonds. The minimum Gasteiger partial charge on any atom is -0.389 e. The fourth-order valence-electron chi connectivity index (χ4n) is 3.97. The fourth-order valence-corrected chi connectivity index (χ4v) is 4.10. The summed E-state index contributed by atoms with van der Waals surface area (Å²) in [6, 6.07) is 5.81. The molecule has 1 heterocycles. The van der Waals surface area contributed by atoms with Gasteiger partial charge in [-0.3, -0.25) is 4.90 Å². The summed E-state index contributed by atoms with van der Waals surface area (Å²) < 4.78 is 14.2. The van der Waals surface area contributed by atoms with Crippen molar-refractivity contribution in [3.05, 3.63) is 35.1 Å². The number of nitrogens with zero attached hydrogens (tertiary/aromatic N) is 1. The molecule has 0 unspecified atom stereocenters. The maximum absolute atomic E-state index is 14.2. The highest BCUT2D eigenvalue weighted by atomic mass is 32.1. The van der Waals surface area contributed by atoms with Crippen LogP contribution in [0.15, 0.2) is 18.2 Å². The molecule has 1 aliphatic heterocycles. The Labute approximate surface area is 131 Å². The van der Waals surface area contributed by atoms with Gasteiger partial charge >= 0.3 is 0 Å². The zero-order valence-corrected chi connectivity index (χ0v) is 13.2. The van der Waals surface area contributed by atoms with Gasteiger partial charge in [0.1, 0.15) is 10.8 Å². The van der Waals surface area contributed by atoms with Crippen LogP contribution < -0.4 is 5.73 Å². The highest BCUT2D eigenvalue weighted by Gasteiger charge is 2.33. The third-order valence-electron chi connectivity index (χ3n) is 5.07. The summed E-state index contributed by atoms with van der Waals surface area (Å²) in [4.78, 5) is 2.75. The lowest BCUT2D eigenvalue weighted by Crippen LogP contribution is -2.46. The third-order valence-corrected chi connectivity index (χ3v) is 5.30. The number of hydrogen-bond donors (Lipinski definition) is 1. The number of nitrogens with two attached hydrogens (primary N) is 1. The second kappa shape index (κ2) is 6.41. The number of thiocarbonyl (C=S) groups is 1. The van der Waals surface area contributed by atoms with Crippen LogP contribution in [0.2, 0.25) is 0 Å². The van der Waals surface area contributed by atoms with Crippen molar-refractivity contribution >= 4 is 17.2 Å². The normalized spacial score (nSPS) is 26.3. The van der Waals surface area contributed by atoms with E-state index in [0.29, 0.717) is 18.2 Å². The van der Waals surface area contributed by atoms with Gasteiger partial charge in [-0.15, -0.1) is 0 Å². The maximum Gasteiger partial charge on any atom is 0.128 e. The van der Waals surface area contributed by atoms with Crippen LogP contribution in [-0.4, -0.2) is 22.5 Å². The van der Waals surface area contributed by atoms with Gasteiger partial charge in [0.25, 0.3) is 0 Å². The minimum absolute atomic E-state index is 0.182. The molecule has 1 aromatic rings. The summed E-state index contributed by atoms with van der Waals surface area (Å²) in [7, 11) is 0. The number of hydrogen-bond acceptors (Lipinski definition) is 2. The van der Waals surface area contributed by atoms with Crippen molar-refractivity contribution in [3.63, 3.8) is 0 Å². The fraction of sp³-hybridized carbons (Fsp3) is 0.588. The van der Waals surface area contributed by atoms with Gasteiger partial charge in [0, 0.05) is 23.7 Å². The topological polar surface area (TPSA) is 29.3 Å². The molecular weight excluding hydrogens is 283 g/mol. The molecule has 114 valence electrons. The summed E-state index contributed by atoms with van der Waals surface area (Å²) in [6.07, 6.45) is 7.91. The van der Waals surface area contributed by atoms with Gasteiger partial charge in [-0.1, -0.05) is 37.2 Å². The molecule has 2 aliphatic rings. The van der Waals surface area contributed by atoms with Crippen molar-refractivity contribution in [2.24, 2.45) is 11.7 Å². The molecule has 0 spiro atoms. The van der Waals surface area contributed by atoms with E-state index in [1.165, 1.54) is 44.6 Å². The first-order valence-corrected chi connectivity index (χ1v) is 8.38. The summed E-state index contributed by atoms with van der Waals surface area (Å²) >= 11 is 4.90. The van der Waals surface area contributed by atoms with E-state index in [0.717, 1.165) is 18.0 Å². The summed E-state index contributed by atoms with van der Waals surface area (Å²) in [5, 5.41) is 0. The van der Waals surface area contributed by atoms with Crippen LogP contribution in [0.25, 0.3) is 0 Å². The van der Waals surface area contributed by atoms with E-state index in [1.54, 1.807) is 0 Å². The first-order chi connectivity index (χ1) is 10.1. The van der Waals surface area contributed by atoms with Crippen molar-refractivity contribution < 1.29 is 4.39 Å². The minimum atomic E-state index is -0.182. The first kappa shape index (κ1) is 14.9. The van der Waals surface area contributed by atoms with E-state index in [2.05, 4.69) is 4.90 Å². The lowest BCUT2D eigenvalue weighted by atomic mass is 9.78. The van der Waals surface area contributed by atoms with E-state index in [9.17, 15) is 4.39 Å². The van der Waals surface area contributed by atoms with Gasteiger partial charge in [-0.25, -0.2) is 4.39 Å². The average molecular weight is 306 g/mol. The van der Waals surface area contributed by atoms with Crippen LogP contribution in [0.4, 0.5) is 4.39 Å². The Kier molecular flexibility index (Phi) is 4.55. The smallest absolute Gasteiger partial charge is 0.128 e. The number of benzene rings is 1. The van der Waals surface area contributed by atoms with Gasteiger partial charge in [-0.2, -0.15) is 0 Å². The largest absolute Gasteiger partial charge is 0.389 e. The monoisotopic (exact) mass is 306 g/mol. The van der Waals surface area contributed by atoms with Crippen molar-refractivity contribution in [2.45, 2.75) is 51.1 Å². The molecule has 1 saturated carbocycles. The molecule has 1 aromatic carbocycles. The molecule has 3 rings (SSSR count). The van der Waals surface area contributed by atoms with Crippen LogP contribution in [0.3, 0.4) is 0 Å². The van der Waals surface area contributed by atoms with Gasteiger partial charge in [0.05, 0.1) is 0 Å². The van der Waals surface area contributed by atoms with E-state index in [1.807, 2.05) is 12.1 Å². The van der Waals surface area contributed by atoms with Crippen LogP contribution in [0, 0.1) is 11.7 Å². The molecule has 2 fully saturated rings.